The quantitative estimate of drug-likeness (QED) is 0.847. The first kappa shape index (κ1) is 16.6. The van der Waals surface area contributed by atoms with Crippen LogP contribution in [0.1, 0.15) is 36.6 Å². The van der Waals surface area contributed by atoms with Gasteiger partial charge in [-0.1, -0.05) is 23.2 Å². The van der Waals surface area contributed by atoms with E-state index in [1.165, 1.54) is 12.8 Å². The Balaban J connectivity index is 1.62. The largest absolute Gasteiger partial charge is 0.374 e. The van der Waals surface area contributed by atoms with Crippen LogP contribution in [0, 0.1) is 12.8 Å². The number of halogens is 2. The van der Waals surface area contributed by atoms with Crippen molar-refractivity contribution >= 4 is 40.5 Å². The molecular weight excluding hydrogens is 371 g/mol. The van der Waals surface area contributed by atoms with Crippen LogP contribution in [0.4, 0.5) is 17.3 Å². The first-order valence-corrected chi connectivity index (χ1v) is 9.82. The molecule has 136 valence electrons. The third kappa shape index (κ3) is 2.65. The minimum atomic E-state index is -0.490. The maximum atomic E-state index is 10.8. The number of aliphatic hydroxyl groups excluding tert-OH is 1. The molecule has 2 aromatic rings. The Morgan fingerprint density at radius 2 is 1.96 bits per heavy atom. The molecule has 3 heterocycles. The van der Waals surface area contributed by atoms with Crippen molar-refractivity contribution in [3.63, 3.8) is 0 Å². The normalized spacial score (nSPS) is 24.2. The van der Waals surface area contributed by atoms with Gasteiger partial charge in [-0.25, -0.2) is 9.97 Å². The van der Waals surface area contributed by atoms with Gasteiger partial charge in [-0.15, -0.1) is 0 Å². The molecule has 0 radical (unpaired) electrons. The zero-order chi connectivity index (χ0) is 18.0. The summed E-state index contributed by atoms with van der Waals surface area (Å²) in [6.07, 6.45) is 2.69. The van der Waals surface area contributed by atoms with E-state index in [4.69, 9.17) is 33.2 Å². The Bertz CT molecular complexity index is 886. The molecule has 2 aliphatic heterocycles. The summed E-state index contributed by atoms with van der Waals surface area (Å²) in [6, 6.07) is 5.54. The van der Waals surface area contributed by atoms with Crippen molar-refractivity contribution in [1.29, 1.82) is 0 Å². The first-order chi connectivity index (χ1) is 12.5. The molecule has 0 amide bonds. The maximum absolute atomic E-state index is 10.8. The summed E-state index contributed by atoms with van der Waals surface area (Å²) in [5, 5.41) is 12.0. The number of nitrogens with zero attached hydrogens (tertiary/aromatic N) is 4. The van der Waals surface area contributed by atoms with Crippen LogP contribution in [0.2, 0.25) is 10.0 Å². The second kappa shape index (κ2) is 5.98. The SMILES string of the molecule is Cc1nc2c3c(n1)N(CC1CC1)C(O)CC3CN2c1ccc(Cl)cc1Cl. The molecule has 5 rings (SSSR count). The highest BCUT2D eigenvalue weighted by molar-refractivity contribution is 6.36. The molecule has 2 atom stereocenters. The average molecular weight is 391 g/mol. The highest BCUT2D eigenvalue weighted by atomic mass is 35.5. The van der Waals surface area contributed by atoms with Crippen LogP contribution in [0.3, 0.4) is 0 Å². The fourth-order valence-electron chi connectivity index (χ4n) is 4.15. The molecule has 0 spiro atoms. The molecule has 3 aliphatic rings. The van der Waals surface area contributed by atoms with E-state index in [0.717, 1.165) is 36.0 Å². The summed E-state index contributed by atoms with van der Waals surface area (Å²) >= 11 is 12.5. The van der Waals surface area contributed by atoms with Crippen molar-refractivity contribution in [3.8, 4) is 0 Å². The second-order valence-electron chi connectivity index (χ2n) is 7.55. The molecule has 1 aromatic carbocycles. The highest BCUT2D eigenvalue weighted by Crippen LogP contribution is 2.50. The summed E-state index contributed by atoms with van der Waals surface area (Å²) in [5.41, 5.74) is 2.04. The van der Waals surface area contributed by atoms with E-state index in [2.05, 4.69) is 9.80 Å². The van der Waals surface area contributed by atoms with E-state index >= 15 is 0 Å². The van der Waals surface area contributed by atoms with Gasteiger partial charge in [-0.2, -0.15) is 0 Å². The summed E-state index contributed by atoms with van der Waals surface area (Å²) < 4.78 is 0. The molecule has 1 aromatic heterocycles. The fourth-order valence-corrected chi connectivity index (χ4v) is 4.67. The van der Waals surface area contributed by atoms with Gasteiger partial charge in [0.1, 0.15) is 23.7 Å². The van der Waals surface area contributed by atoms with Gasteiger partial charge in [-0.3, -0.25) is 0 Å². The predicted octanol–water partition coefficient (Wildman–Crippen LogP) is 4.27. The lowest BCUT2D eigenvalue weighted by atomic mass is 9.93. The van der Waals surface area contributed by atoms with Gasteiger partial charge in [0, 0.05) is 36.0 Å². The van der Waals surface area contributed by atoms with Crippen LogP contribution in [0.25, 0.3) is 0 Å². The number of rotatable bonds is 3. The van der Waals surface area contributed by atoms with Crippen molar-refractivity contribution in [2.75, 3.05) is 22.9 Å². The third-order valence-corrected chi connectivity index (χ3v) is 6.10. The average Bonchev–Trinajstić information content (AvgIpc) is 3.33. The fraction of sp³-hybridized carbons (Fsp3) is 0.474. The van der Waals surface area contributed by atoms with E-state index in [1.54, 1.807) is 6.07 Å². The number of hydrogen-bond donors (Lipinski definition) is 1. The zero-order valence-electron chi connectivity index (χ0n) is 14.5. The van der Waals surface area contributed by atoms with Crippen LogP contribution in [0.5, 0.6) is 0 Å². The molecule has 5 nitrogen and oxygen atoms in total. The maximum Gasteiger partial charge on any atom is 0.142 e. The standard InChI is InChI=1S/C19H20Cl2N4O/c1-10-22-18-17-12(9-24(18)15-5-4-13(20)7-14(15)21)6-16(26)25(19(17)23-10)8-11-2-3-11/h4-5,7,11-12,16,26H,2-3,6,8-9H2,1H3. The van der Waals surface area contributed by atoms with E-state index < -0.39 is 6.23 Å². The molecule has 0 bridgehead atoms. The zero-order valence-corrected chi connectivity index (χ0v) is 16.0. The number of aryl methyl sites for hydroxylation is 1. The summed E-state index contributed by atoms with van der Waals surface area (Å²) in [7, 11) is 0. The Labute approximate surface area is 162 Å². The van der Waals surface area contributed by atoms with E-state index in [-0.39, 0.29) is 5.92 Å². The molecule has 26 heavy (non-hydrogen) atoms. The lowest BCUT2D eigenvalue weighted by Crippen LogP contribution is -2.42. The predicted molar refractivity (Wildman–Crippen MR) is 104 cm³/mol. The Morgan fingerprint density at radius 1 is 1.19 bits per heavy atom. The lowest BCUT2D eigenvalue weighted by Gasteiger charge is -2.36. The lowest BCUT2D eigenvalue weighted by molar-refractivity contribution is 0.142. The summed E-state index contributed by atoms with van der Waals surface area (Å²) in [4.78, 5) is 13.7. The Hall–Kier alpha value is -1.56. The van der Waals surface area contributed by atoms with Crippen molar-refractivity contribution in [3.05, 3.63) is 39.6 Å². The topological polar surface area (TPSA) is 52.5 Å². The van der Waals surface area contributed by atoms with Gasteiger partial charge in [0.25, 0.3) is 0 Å². The smallest absolute Gasteiger partial charge is 0.142 e. The van der Waals surface area contributed by atoms with Crippen LogP contribution >= 0.6 is 23.2 Å². The molecule has 1 fully saturated rings. The van der Waals surface area contributed by atoms with Crippen molar-refractivity contribution < 1.29 is 5.11 Å². The minimum absolute atomic E-state index is 0.206. The molecular formula is C19H20Cl2N4O. The van der Waals surface area contributed by atoms with Gasteiger partial charge in [0.2, 0.25) is 0 Å². The number of hydrogen-bond acceptors (Lipinski definition) is 5. The van der Waals surface area contributed by atoms with Gasteiger partial charge in [0.05, 0.1) is 10.7 Å². The first-order valence-electron chi connectivity index (χ1n) is 9.07. The van der Waals surface area contributed by atoms with Crippen LogP contribution in [-0.4, -0.2) is 34.4 Å². The van der Waals surface area contributed by atoms with E-state index in [9.17, 15) is 5.11 Å². The van der Waals surface area contributed by atoms with Crippen molar-refractivity contribution in [2.45, 2.75) is 38.3 Å². The van der Waals surface area contributed by atoms with Gasteiger partial charge in [-0.05, 0) is 43.9 Å². The van der Waals surface area contributed by atoms with Crippen LogP contribution in [0.15, 0.2) is 18.2 Å². The van der Waals surface area contributed by atoms with E-state index in [1.807, 2.05) is 19.1 Å². The number of anilines is 3. The minimum Gasteiger partial charge on any atom is -0.374 e. The Morgan fingerprint density at radius 3 is 2.69 bits per heavy atom. The molecule has 2 unspecified atom stereocenters. The number of aromatic nitrogens is 2. The number of benzene rings is 1. The monoisotopic (exact) mass is 390 g/mol. The molecule has 0 saturated heterocycles. The van der Waals surface area contributed by atoms with Crippen molar-refractivity contribution in [2.24, 2.45) is 5.92 Å². The molecule has 1 saturated carbocycles. The van der Waals surface area contributed by atoms with Gasteiger partial charge < -0.3 is 14.9 Å². The van der Waals surface area contributed by atoms with E-state index in [0.29, 0.717) is 28.2 Å². The molecule has 7 heteroatoms. The molecule has 1 N–H and O–H groups in total. The van der Waals surface area contributed by atoms with Gasteiger partial charge in [0.15, 0.2) is 0 Å². The van der Waals surface area contributed by atoms with Gasteiger partial charge >= 0.3 is 0 Å². The second-order valence-corrected chi connectivity index (χ2v) is 8.39. The van der Waals surface area contributed by atoms with Crippen LogP contribution < -0.4 is 9.80 Å². The van der Waals surface area contributed by atoms with Crippen LogP contribution in [-0.2, 0) is 0 Å². The Kier molecular flexibility index (Phi) is 3.82. The third-order valence-electron chi connectivity index (χ3n) is 5.56. The van der Waals surface area contributed by atoms with Crippen molar-refractivity contribution in [1.82, 2.24) is 9.97 Å². The summed E-state index contributed by atoms with van der Waals surface area (Å²) in [6.45, 7) is 3.52. The molecule has 1 aliphatic carbocycles. The highest BCUT2D eigenvalue weighted by Gasteiger charge is 2.43. The number of aliphatic hydroxyl groups is 1. The summed E-state index contributed by atoms with van der Waals surface area (Å²) in [5.74, 6) is 3.41.